The number of ether oxygens (including phenoxy) is 1. The molecule has 0 aliphatic heterocycles. The van der Waals surface area contributed by atoms with Gasteiger partial charge < -0.3 is 10.1 Å². The summed E-state index contributed by atoms with van der Waals surface area (Å²) in [4.78, 5) is 30.5. The Morgan fingerprint density at radius 2 is 1.69 bits per heavy atom. The predicted octanol–water partition coefficient (Wildman–Crippen LogP) is 7.40. The number of rotatable bonds is 8. The monoisotopic (exact) mass is 520 g/mol. The van der Waals surface area contributed by atoms with Crippen LogP contribution in [-0.2, 0) is 6.42 Å². The molecule has 1 aliphatic rings. The molecule has 1 amide bonds. The molecular weight excluding hydrogens is 484 g/mol. The summed E-state index contributed by atoms with van der Waals surface area (Å²) in [5.41, 5.74) is 6.04. The van der Waals surface area contributed by atoms with Crippen molar-refractivity contribution >= 4 is 22.6 Å². The third-order valence-electron chi connectivity index (χ3n) is 7.96. The Labute approximate surface area is 230 Å². The Hall–Kier alpha value is -3.99. The van der Waals surface area contributed by atoms with Gasteiger partial charge in [0.25, 0.3) is 5.91 Å². The summed E-state index contributed by atoms with van der Waals surface area (Å²) in [5.74, 6) is 1.50. The van der Waals surface area contributed by atoms with Gasteiger partial charge in [-0.2, -0.15) is 0 Å². The molecule has 5 rings (SSSR count). The van der Waals surface area contributed by atoms with Crippen LogP contribution in [-0.4, -0.2) is 29.8 Å². The fourth-order valence-electron chi connectivity index (χ4n) is 5.56. The van der Waals surface area contributed by atoms with Crippen LogP contribution in [0.15, 0.2) is 72.9 Å². The van der Waals surface area contributed by atoms with E-state index in [0.29, 0.717) is 29.7 Å². The fraction of sp³-hybridized carbons (Fsp3) is 0.324. The van der Waals surface area contributed by atoms with Crippen molar-refractivity contribution in [1.29, 1.82) is 0 Å². The first-order valence-electron chi connectivity index (χ1n) is 13.9. The predicted molar refractivity (Wildman–Crippen MR) is 156 cm³/mol. The average Bonchev–Trinajstić information content (AvgIpc) is 2.98. The lowest BCUT2D eigenvalue weighted by atomic mass is 9.87. The fourth-order valence-corrected chi connectivity index (χ4v) is 5.56. The molecule has 1 fully saturated rings. The quantitative estimate of drug-likeness (QED) is 0.246. The van der Waals surface area contributed by atoms with Crippen molar-refractivity contribution in [2.75, 3.05) is 7.11 Å². The second-order valence-electron chi connectivity index (χ2n) is 10.7. The van der Waals surface area contributed by atoms with E-state index in [-0.39, 0.29) is 17.7 Å². The molecule has 0 unspecified atom stereocenters. The lowest BCUT2D eigenvalue weighted by Gasteiger charge is -2.26. The minimum atomic E-state index is -0.0244. The number of ketones is 1. The number of aromatic nitrogens is 1. The molecule has 0 atom stereocenters. The largest absolute Gasteiger partial charge is 0.496 e. The zero-order chi connectivity index (χ0) is 27.4. The van der Waals surface area contributed by atoms with Crippen LogP contribution >= 0.6 is 0 Å². The Bertz CT molecular complexity index is 1470. The smallest absolute Gasteiger partial charge is 0.251 e. The van der Waals surface area contributed by atoms with Crippen LogP contribution in [0.4, 0.5) is 0 Å². The normalized spacial score (nSPS) is 17.1. The Kier molecular flexibility index (Phi) is 8.06. The van der Waals surface area contributed by atoms with Gasteiger partial charge in [0.2, 0.25) is 0 Å². The summed E-state index contributed by atoms with van der Waals surface area (Å²) in [5, 5.41) is 4.14. The van der Waals surface area contributed by atoms with E-state index in [0.717, 1.165) is 51.9 Å². The van der Waals surface area contributed by atoms with Crippen molar-refractivity contribution in [2.24, 2.45) is 5.92 Å². The van der Waals surface area contributed by atoms with Crippen molar-refractivity contribution in [1.82, 2.24) is 10.3 Å². The van der Waals surface area contributed by atoms with Gasteiger partial charge in [-0.25, -0.2) is 0 Å². The molecule has 39 heavy (non-hydrogen) atoms. The molecular formula is C34H36N2O3. The number of hydrogen-bond donors (Lipinski definition) is 1. The first-order chi connectivity index (χ1) is 19.0. The van der Waals surface area contributed by atoms with Gasteiger partial charge in [-0.3, -0.25) is 14.6 Å². The lowest BCUT2D eigenvalue weighted by molar-refractivity contribution is 0.0922. The Balaban J connectivity index is 1.51. The molecule has 5 heteroatoms. The van der Waals surface area contributed by atoms with E-state index in [1.165, 1.54) is 12.8 Å². The van der Waals surface area contributed by atoms with E-state index in [4.69, 9.17) is 4.74 Å². The van der Waals surface area contributed by atoms with Gasteiger partial charge in [-0.15, -0.1) is 0 Å². The molecule has 1 heterocycles. The highest BCUT2D eigenvalue weighted by Gasteiger charge is 2.21. The van der Waals surface area contributed by atoms with Crippen LogP contribution in [0.2, 0.25) is 0 Å². The van der Waals surface area contributed by atoms with E-state index in [1.807, 2.05) is 55.5 Å². The van der Waals surface area contributed by atoms with Crippen LogP contribution in [0.3, 0.4) is 0 Å². The van der Waals surface area contributed by atoms with Crippen molar-refractivity contribution in [3.8, 4) is 16.9 Å². The summed E-state index contributed by atoms with van der Waals surface area (Å²) in [6.07, 6.45) is 7.16. The highest BCUT2D eigenvalue weighted by atomic mass is 16.5. The van der Waals surface area contributed by atoms with Gasteiger partial charge in [0.1, 0.15) is 5.75 Å². The van der Waals surface area contributed by atoms with Gasteiger partial charge in [0, 0.05) is 46.8 Å². The Morgan fingerprint density at radius 1 is 0.974 bits per heavy atom. The van der Waals surface area contributed by atoms with Crippen molar-refractivity contribution in [3.05, 3.63) is 95.2 Å². The number of benzene rings is 3. The number of pyridine rings is 1. The maximum atomic E-state index is 12.9. The number of amides is 1. The van der Waals surface area contributed by atoms with Crippen LogP contribution in [0.5, 0.6) is 5.75 Å². The van der Waals surface area contributed by atoms with Gasteiger partial charge in [0.15, 0.2) is 5.78 Å². The number of carbonyl (C=O) groups is 2. The number of hydrogen-bond acceptors (Lipinski definition) is 4. The van der Waals surface area contributed by atoms with Gasteiger partial charge in [0.05, 0.1) is 12.6 Å². The maximum Gasteiger partial charge on any atom is 0.251 e. The standard InChI is InChI=1S/C34H36N2O3/c1-4-32(37)30-21-35-31-20-33(39-3)27(19-29(31)28(30)18-23-8-6-5-7-9-23)24-12-14-25(15-13-24)34(38)36-26-16-10-22(2)11-17-26/h5-9,12-15,19-22,26H,4,10-11,16-18H2,1-3H3,(H,36,38). The molecule has 200 valence electrons. The lowest BCUT2D eigenvalue weighted by Crippen LogP contribution is -2.37. The molecule has 0 spiro atoms. The number of nitrogens with zero attached hydrogens (tertiary/aromatic N) is 1. The molecule has 5 nitrogen and oxygen atoms in total. The molecule has 0 bridgehead atoms. The summed E-state index contributed by atoms with van der Waals surface area (Å²) in [7, 11) is 1.65. The van der Waals surface area contributed by atoms with Crippen molar-refractivity contribution in [3.63, 3.8) is 0 Å². The van der Waals surface area contributed by atoms with Crippen LogP contribution in [0.25, 0.3) is 22.0 Å². The minimum absolute atomic E-state index is 0.0244. The number of methoxy groups -OCH3 is 1. The van der Waals surface area contributed by atoms with Gasteiger partial charge in [-0.05, 0) is 72.9 Å². The summed E-state index contributed by atoms with van der Waals surface area (Å²) >= 11 is 0. The number of fused-ring (bicyclic) bond motifs is 1. The van der Waals surface area contributed by atoms with Crippen LogP contribution < -0.4 is 10.1 Å². The molecule has 3 aromatic carbocycles. The second kappa shape index (κ2) is 11.8. The summed E-state index contributed by atoms with van der Waals surface area (Å²) in [6.45, 7) is 4.16. The zero-order valence-electron chi connectivity index (χ0n) is 23.0. The van der Waals surface area contributed by atoms with E-state index in [2.05, 4.69) is 35.4 Å². The Morgan fingerprint density at radius 3 is 2.36 bits per heavy atom. The average molecular weight is 521 g/mol. The maximum absolute atomic E-state index is 12.9. The van der Waals surface area contributed by atoms with Gasteiger partial charge >= 0.3 is 0 Å². The highest BCUT2D eigenvalue weighted by molar-refractivity contribution is 6.03. The second-order valence-corrected chi connectivity index (χ2v) is 10.7. The third kappa shape index (κ3) is 5.88. The molecule has 0 saturated heterocycles. The molecule has 1 N–H and O–H groups in total. The SMILES string of the molecule is CCC(=O)c1cnc2cc(OC)c(-c3ccc(C(=O)NC4CCC(C)CC4)cc3)cc2c1Cc1ccccc1. The highest BCUT2D eigenvalue weighted by Crippen LogP contribution is 2.36. The van der Waals surface area contributed by atoms with E-state index < -0.39 is 0 Å². The number of Topliss-reactive ketones (excluding diaryl/α,β-unsaturated/α-hetero) is 1. The van der Waals surface area contributed by atoms with Crippen LogP contribution in [0.1, 0.15) is 77.8 Å². The number of nitrogens with one attached hydrogen (secondary N) is 1. The van der Waals surface area contributed by atoms with Gasteiger partial charge in [-0.1, -0.05) is 56.3 Å². The first kappa shape index (κ1) is 26.6. The first-order valence-corrected chi connectivity index (χ1v) is 13.9. The summed E-state index contributed by atoms with van der Waals surface area (Å²) in [6, 6.07) is 22.1. The van der Waals surface area contributed by atoms with Crippen molar-refractivity contribution in [2.45, 2.75) is 58.4 Å². The molecule has 1 aliphatic carbocycles. The minimum Gasteiger partial charge on any atom is -0.496 e. The zero-order valence-corrected chi connectivity index (χ0v) is 23.0. The third-order valence-corrected chi connectivity index (χ3v) is 7.96. The van der Waals surface area contributed by atoms with Crippen molar-refractivity contribution < 1.29 is 14.3 Å². The molecule has 1 aromatic heterocycles. The van der Waals surface area contributed by atoms with E-state index in [1.54, 1.807) is 13.3 Å². The van der Waals surface area contributed by atoms with E-state index >= 15 is 0 Å². The molecule has 4 aromatic rings. The molecule has 0 radical (unpaired) electrons. The molecule has 1 saturated carbocycles. The topological polar surface area (TPSA) is 68.3 Å². The van der Waals surface area contributed by atoms with E-state index in [9.17, 15) is 9.59 Å². The summed E-state index contributed by atoms with van der Waals surface area (Å²) < 4.78 is 5.77. The van der Waals surface area contributed by atoms with Crippen LogP contribution in [0, 0.1) is 5.92 Å². The number of carbonyl (C=O) groups excluding carboxylic acids is 2.